The highest BCUT2D eigenvalue weighted by Gasteiger charge is 2.23. The molecule has 2 aromatic carbocycles. The molecule has 0 bridgehead atoms. The van der Waals surface area contributed by atoms with Crippen LogP contribution in [0.15, 0.2) is 42.5 Å². The zero-order chi connectivity index (χ0) is 23.3. The molecule has 3 rings (SSSR count). The Labute approximate surface area is 197 Å². The van der Waals surface area contributed by atoms with Crippen molar-refractivity contribution in [1.29, 1.82) is 0 Å². The number of carbonyl (C=O) groups excluding carboxylic acids is 2. The molecule has 32 heavy (non-hydrogen) atoms. The predicted octanol–water partition coefficient (Wildman–Crippen LogP) is 4.30. The number of anilines is 2. The fraction of sp³-hybridized carbons (Fsp3) is 0.348. The molecule has 170 valence electrons. The van der Waals surface area contributed by atoms with Gasteiger partial charge in [0.2, 0.25) is 5.91 Å². The van der Waals surface area contributed by atoms with Crippen LogP contribution in [0.25, 0.3) is 0 Å². The molecule has 0 radical (unpaired) electrons. The monoisotopic (exact) mass is 476 g/mol. The molecule has 1 aliphatic rings. The average molecular weight is 477 g/mol. The SMILES string of the molecule is CC(C)CC(=O)N1CCN(c2ccc(Cl)cc2NC(=S)NC(=O)c2cccc(F)c2)CC1. The molecule has 2 amide bonds. The van der Waals surface area contributed by atoms with Gasteiger partial charge in [-0.3, -0.25) is 14.9 Å². The smallest absolute Gasteiger partial charge is 0.257 e. The maximum Gasteiger partial charge on any atom is 0.257 e. The first-order valence-electron chi connectivity index (χ1n) is 10.4. The van der Waals surface area contributed by atoms with Gasteiger partial charge in [-0.05, 0) is 54.5 Å². The Morgan fingerprint density at radius 1 is 1.12 bits per heavy atom. The Hall–Kier alpha value is -2.71. The summed E-state index contributed by atoms with van der Waals surface area (Å²) in [6.45, 7) is 6.68. The second kappa shape index (κ2) is 10.7. The van der Waals surface area contributed by atoms with Crippen molar-refractivity contribution < 1.29 is 14.0 Å². The van der Waals surface area contributed by atoms with E-state index >= 15 is 0 Å². The van der Waals surface area contributed by atoms with Gasteiger partial charge in [-0.25, -0.2) is 4.39 Å². The highest BCUT2D eigenvalue weighted by molar-refractivity contribution is 7.80. The largest absolute Gasteiger partial charge is 0.366 e. The summed E-state index contributed by atoms with van der Waals surface area (Å²) in [5, 5.41) is 6.18. The van der Waals surface area contributed by atoms with Crippen LogP contribution < -0.4 is 15.5 Å². The number of nitrogens with one attached hydrogen (secondary N) is 2. The van der Waals surface area contributed by atoms with Crippen LogP contribution in [0.2, 0.25) is 5.02 Å². The minimum Gasteiger partial charge on any atom is -0.366 e. The number of piperazine rings is 1. The Kier molecular flexibility index (Phi) is 8.04. The molecule has 2 N–H and O–H groups in total. The molecule has 0 spiro atoms. The van der Waals surface area contributed by atoms with E-state index < -0.39 is 11.7 Å². The molecule has 1 fully saturated rings. The summed E-state index contributed by atoms with van der Waals surface area (Å²) in [7, 11) is 0. The van der Waals surface area contributed by atoms with Crippen LogP contribution >= 0.6 is 23.8 Å². The number of rotatable bonds is 5. The lowest BCUT2D eigenvalue weighted by molar-refractivity contribution is -0.132. The normalized spacial score (nSPS) is 13.8. The number of hydrogen-bond acceptors (Lipinski definition) is 4. The van der Waals surface area contributed by atoms with Gasteiger partial charge >= 0.3 is 0 Å². The van der Waals surface area contributed by atoms with E-state index in [2.05, 4.69) is 15.5 Å². The van der Waals surface area contributed by atoms with Crippen molar-refractivity contribution in [1.82, 2.24) is 10.2 Å². The lowest BCUT2D eigenvalue weighted by Gasteiger charge is -2.37. The average Bonchev–Trinajstić information content (AvgIpc) is 2.73. The second-order valence-corrected chi connectivity index (χ2v) is 8.89. The van der Waals surface area contributed by atoms with E-state index in [0.29, 0.717) is 49.2 Å². The molecule has 0 aliphatic carbocycles. The summed E-state index contributed by atoms with van der Waals surface area (Å²) in [4.78, 5) is 28.7. The number of benzene rings is 2. The Balaban J connectivity index is 1.66. The molecule has 0 atom stereocenters. The first-order valence-corrected chi connectivity index (χ1v) is 11.2. The molecule has 0 unspecified atom stereocenters. The third-order valence-corrected chi connectivity index (χ3v) is 5.52. The van der Waals surface area contributed by atoms with Crippen molar-refractivity contribution in [3.63, 3.8) is 0 Å². The van der Waals surface area contributed by atoms with Crippen molar-refractivity contribution >= 4 is 52.1 Å². The minimum atomic E-state index is -0.511. The van der Waals surface area contributed by atoms with Crippen LogP contribution in [0, 0.1) is 11.7 Å². The van der Waals surface area contributed by atoms with Gasteiger partial charge in [0.05, 0.1) is 11.4 Å². The summed E-state index contributed by atoms with van der Waals surface area (Å²) < 4.78 is 13.4. The van der Waals surface area contributed by atoms with E-state index in [9.17, 15) is 14.0 Å². The predicted molar refractivity (Wildman–Crippen MR) is 130 cm³/mol. The van der Waals surface area contributed by atoms with Crippen LogP contribution in [-0.2, 0) is 4.79 Å². The van der Waals surface area contributed by atoms with E-state index in [1.807, 2.05) is 24.8 Å². The summed E-state index contributed by atoms with van der Waals surface area (Å²) in [5.41, 5.74) is 1.68. The van der Waals surface area contributed by atoms with Gasteiger partial charge < -0.3 is 15.1 Å². The van der Waals surface area contributed by atoms with Crippen LogP contribution in [0.3, 0.4) is 0 Å². The number of hydrogen-bond donors (Lipinski definition) is 2. The van der Waals surface area contributed by atoms with Gasteiger partial charge in [0, 0.05) is 43.2 Å². The molecule has 2 aromatic rings. The van der Waals surface area contributed by atoms with Gasteiger partial charge in [0.1, 0.15) is 5.82 Å². The molecule has 1 heterocycles. The third-order valence-electron chi connectivity index (χ3n) is 5.08. The zero-order valence-electron chi connectivity index (χ0n) is 18.0. The zero-order valence-corrected chi connectivity index (χ0v) is 19.6. The van der Waals surface area contributed by atoms with E-state index in [0.717, 1.165) is 11.8 Å². The van der Waals surface area contributed by atoms with Crippen molar-refractivity contribution in [3.05, 3.63) is 58.9 Å². The topological polar surface area (TPSA) is 64.7 Å². The van der Waals surface area contributed by atoms with Crippen molar-refractivity contribution in [2.24, 2.45) is 5.92 Å². The molecule has 0 aromatic heterocycles. The first-order chi connectivity index (χ1) is 15.2. The van der Waals surface area contributed by atoms with Gasteiger partial charge in [0.15, 0.2) is 5.11 Å². The fourth-order valence-corrected chi connectivity index (χ4v) is 3.89. The highest BCUT2D eigenvalue weighted by Crippen LogP contribution is 2.30. The number of amides is 2. The van der Waals surface area contributed by atoms with Gasteiger partial charge in [-0.15, -0.1) is 0 Å². The van der Waals surface area contributed by atoms with Crippen LogP contribution in [-0.4, -0.2) is 48.0 Å². The van der Waals surface area contributed by atoms with E-state index in [4.69, 9.17) is 23.8 Å². The lowest BCUT2D eigenvalue weighted by atomic mass is 10.1. The third kappa shape index (κ3) is 6.40. The summed E-state index contributed by atoms with van der Waals surface area (Å²) in [6, 6.07) is 10.8. The molecule has 9 heteroatoms. The Morgan fingerprint density at radius 2 is 1.84 bits per heavy atom. The van der Waals surface area contributed by atoms with Crippen molar-refractivity contribution in [2.75, 3.05) is 36.4 Å². The number of nitrogens with zero attached hydrogens (tertiary/aromatic N) is 2. The fourth-order valence-electron chi connectivity index (χ4n) is 3.52. The molecular formula is C23H26ClFN4O2S. The number of carbonyl (C=O) groups is 2. The highest BCUT2D eigenvalue weighted by atomic mass is 35.5. The van der Waals surface area contributed by atoms with Gasteiger partial charge in [-0.2, -0.15) is 0 Å². The van der Waals surface area contributed by atoms with Gasteiger partial charge in [0.25, 0.3) is 5.91 Å². The quantitative estimate of drug-likeness (QED) is 0.630. The molecule has 6 nitrogen and oxygen atoms in total. The van der Waals surface area contributed by atoms with Gasteiger partial charge in [-0.1, -0.05) is 31.5 Å². The van der Waals surface area contributed by atoms with E-state index in [1.54, 1.807) is 12.1 Å². The Bertz CT molecular complexity index is 1010. The van der Waals surface area contributed by atoms with E-state index in [-0.39, 0.29) is 16.6 Å². The maximum absolute atomic E-state index is 13.4. The van der Waals surface area contributed by atoms with Crippen LogP contribution in [0.1, 0.15) is 30.6 Å². The minimum absolute atomic E-state index is 0.0773. The van der Waals surface area contributed by atoms with E-state index in [1.165, 1.54) is 18.2 Å². The molecule has 1 aliphatic heterocycles. The van der Waals surface area contributed by atoms with Crippen molar-refractivity contribution in [3.8, 4) is 0 Å². The van der Waals surface area contributed by atoms with Crippen LogP contribution in [0.5, 0.6) is 0 Å². The number of thiocarbonyl (C=S) groups is 1. The number of halogens is 2. The standard InChI is InChI=1S/C23H26ClFN4O2S/c1-15(2)12-21(30)29-10-8-28(9-11-29)20-7-6-17(24)14-19(20)26-23(32)27-22(31)16-4-3-5-18(25)13-16/h3-7,13-15H,8-12H2,1-2H3,(H2,26,27,31,32). The van der Waals surface area contributed by atoms with Crippen LogP contribution in [0.4, 0.5) is 15.8 Å². The molecule has 1 saturated heterocycles. The maximum atomic E-state index is 13.4. The second-order valence-electron chi connectivity index (χ2n) is 8.05. The first kappa shape index (κ1) is 23.9. The van der Waals surface area contributed by atoms with Crippen molar-refractivity contribution in [2.45, 2.75) is 20.3 Å². The summed E-state index contributed by atoms with van der Waals surface area (Å²) >= 11 is 11.5. The summed E-state index contributed by atoms with van der Waals surface area (Å²) in [5.74, 6) is -0.505. The molecule has 0 saturated carbocycles. The molecular weight excluding hydrogens is 451 g/mol. The lowest BCUT2D eigenvalue weighted by Crippen LogP contribution is -2.49. The summed E-state index contributed by atoms with van der Waals surface area (Å²) in [6.07, 6.45) is 0.549. The Morgan fingerprint density at radius 3 is 2.50 bits per heavy atom.